The minimum atomic E-state index is -0.918. The molecule has 1 aliphatic rings. The molecule has 2 radical (unpaired) electrons. The van der Waals surface area contributed by atoms with Crippen molar-refractivity contribution in [3.63, 3.8) is 0 Å². The topological polar surface area (TPSA) is 87.5 Å². The number of nitrogens with one attached hydrogen (secondary N) is 2. The molecule has 1 aliphatic carbocycles. The molecule has 7 nitrogen and oxygen atoms in total. The highest BCUT2D eigenvalue weighted by Gasteiger charge is 2.32. The van der Waals surface area contributed by atoms with Crippen LogP contribution in [0.2, 0.25) is 6.32 Å². The van der Waals surface area contributed by atoms with Gasteiger partial charge in [0.15, 0.2) is 0 Å². The first-order valence-corrected chi connectivity index (χ1v) is 13.3. The van der Waals surface area contributed by atoms with Gasteiger partial charge in [-0.3, -0.25) is 10.1 Å². The Morgan fingerprint density at radius 1 is 0.947 bits per heavy atom. The molecule has 0 bridgehead atoms. The van der Waals surface area contributed by atoms with Gasteiger partial charge in [0.05, 0.1) is 20.5 Å². The first-order chi connectivity index (χ1) is 18.5. The summed E-state index contributed by atoms with van der Waals surface area (Å²) < 4.78 is 6.22. The molecule has 2 N–H and O–H groups in total. The van der Waals surface area contributed by atoms with Gasteiger partial charge in [0, 0.05) is 29.9 Å². The smallest absolute Gasteiger partial charge is 0.408 e. The van der Waals surface area contributed by atoms with E-state index in [0.717, 1.165) is 53.5 Å². The lowest BCUT2D eigenvalue weighted by molar-refractivity contribution is -0.512. The van der Waals surface area contributed by atoms with Crippen molar-refractivity contribution in [1.29, 1.82) is 0 Å². The maximum Gasteiger partial charge on any atom is 0.408 e. The minimum Gasteiger partial charge on any atom is -0.445 e. The highest BCUT2D eigenvalue weighted by Crippen LogP contribution is 2.18. The Labute approximate surface area is 227 Å². The van der Waals surface area contributed by atoms with Gasteiger partial charge in [0.1, 0.15) is 12.6 Å². The molecule has 0 aliphatic heterocycles. The second-order valence-electron chi connectivity index (χ2n) is 9.34. The Morgan fingerprint density at radius 2 is 1.71 bits per heavy atom. The number of nitroso groups, excluding NO2 is 1. The number of amides is 2. The number of carbonyl (C=O) groups excluding carboxylic acids is 2. The quantitative estimate of drug-likeness (QED) is 0.173. The third kappa shape index (κ3) is 9.36. The zero-order valence-corrected chi connectivity index (χ0v) is 21.9. The summed E-state index contributed by atoms with van der Waals surface area (Å²) in [4.78, 5) is 39.4. The van der Waals surface area contributed by atoms with Crippen molar-refractivity contribution in [3.8, 4) is 0 Å². The Bertz CT molecular complexity index is 1120. The average Bonchev–Trinajstić information content (AvgIpc) is 2.96. The number of alkyl carbamates (subject to hydrolysis) is 1. The molecular weight excluding hydrogens is 476 g/mol. The van der Waals surface area contributed by atoms with Crippen molar-refractivity contribution in [2.45, 2.75) is 63.4 Å². The lowest BCUT2D eigenvalue weighted by Crippen LogP contribution is -2.52. The van der Waals surface area contributed by atoms with Gasteiger partial charge in [-0.1, -0.05) is 85.3 Å². The van der Waals surface area contributed by atoms with Crippen LogP contribution in [-0.2, 0) is 22.3 Å². The summed E-state index contributed by atoms with van der Waals surface area (Å²) in [6.07, 6.45) is 10.1. The van der Waals surface area contributed by atoms with Crippen LogP contribution in [0.5, 0.6) is 0 Å². The van der Waals surface area contributed by atoms with E-state index in [-0.39, 0.29) is 13.0 Å². The van der Waals surface area contributed by atoms with E-state index >= 15 is 0 Å². The van der Waals surface area contributed by atoms with Crippen molar-refractivity contribution in [2.75, 3.05) is 6.61 Å². The van der Waals surface area contributed by atoms with Gasteiger partial charge < -0.3 is 10.1 Å². The highest BCUT2D eigenvalue weighted by molar-refractivity contribution is 6.08. The summed E-state index contributed by atoms with van der Waals surface area (Å²) in [6, 6.07) is 15.7. The van der Waals surface area contributed by atoms with Crippen LogP contribution in [0.3, 0.4) is 0 Å². The zero-order chi connectivity index (χ0) is 27.2. The van der Waals surface area contributed by atoms with Crippen LogP contribution in [0.25, 0.3) is 0 Å². The fourth-order valence-electron chi connectivity index (χ4n) is 4.18. The number of benzene rings is 2. The molecule has 3 rings (SSSR count). The monoisotopic (exact) mass is 512 g/mol. The van der Waals surface area contributed by atoms with Gasteiger partial charge in [-0.05, 0) is 30.4 Å². The number of rotatable bonds is 14. The summed E-state index contributed by atoms with van der Waals surface area (Å²) in [5.74, 6) is -0.447. The van der Waals surface area contributed by atoms with Gasteiger partial charge >= 0.3 is 6.09 Å². The van der Waals surface area contributed by atoms with Gasteiger partial charge in [0.2, 0.25) is 5.91 Å². The SMILES string of the molecule is [BH]CCCCC(NC(=O)C(Cc1ccccc1)NC(=O)OCC1=CCCC=C1)[N+](=O)c1ccc(C[BH])cc1. The van der Waals surface area contributed by atoms with Crippen LogP contribution in [0.1, 0.15) is 43.2 Å². The number of ether oxygens (including phenoxy) is 1. The summed E-state index contributed by atoms with van der Waals surface area (Å²) in [7, 11) is 7.74. The molecule has 2 unspecified atom stereocenters. The van der Waals surface area contributed by atoms with Crippen LogP contribution in [0.4, 0.5) is 10.5 Å². The fraction of sp³-hybridized carbons (Fsp3) is 0.379. The maximum absolute atomic E-state index is 13.5. The van der Waals surface area contributed by atoms with E-state index in [9.17, 15) is 14.5 Å². The van der Waals surface area contributed by atoms with E-state index in [1.807, 2.05) is 60.7 Å². The van der Waals surface area contributed by atoms with Gasteiger partial charge in [-0.2, -0.15) is 0 Å². The molecule has 38 heavy (non-hydrogen) atoms. The average molecular weight is 512 g/mol. The van der Waals surface area contributed by atoms with E-state index in [2.05, 4.69) is 26.3 Å². The van der Waals surface area contributed by atoms with Crippen LogP contribution in [-0.4, -0.2) is 51.3 Å². The number of hydrogen-bond acceptors (Lipinski definition) is 4. The lowest BCUT2D eigenvalue weighted by atomic mass is 9.97. The first kappa shape index (κ1) is 29.0. The van der Waals surface area contributed by atoms with Crippen molar-refractivity contribution in [1.82, 2.24) is 10.6 Å². The molecule has 196 valence electrons. The van der Waals surface area contributed by atoms with Crippen LogP contribution >= 0.6 is 0 Å². The molecule has 0 heterocycles. The first-order valence-electron chi connectivity index (χ1n) is 13.3. The third-order valence-corrected chi connectivity index (χ3v) is 6.38. The minimum absolute atomic E-state index is 0.132. The van der Waals surface area contributed by atoms with E-state index < -0.39 is 24.2 Å². The van der Waals surface area contributed by atoms with E-state index in [4.69, 9.17) is 4.74 Å². The van der Waals surface area contributed by atoms with Crippen molar-refractivity contribution in [2.24, 2.45) is 0 Å². The van der Waals surface area contributed by atoms with Crippen molar-refractivity contribution in [3.05, 3.63) is 94.4 Å². The molecule has 2 amide bonds. The lowest BCUT2D eigenvalue weighted by Gasteiger charge is -2.20. The van der Waals surface area contributed by atoms with Gasteiger partial charge in [-0.25, -0.2) is 4.79 Å². The molecule has 9 heteroatoms. The van der Waals surface area contributed by atoms with Gasteiger partial charge in [-0.15, -0.1) is 0 Å². The second-order valence-corrected chi connectivity index (χ2v) is 9.34. The summed E-state index contributed by atoms with van der Waals surface area (Å²) in [6.45, 7) is 0.132. The predicted molar refractivity (Wildman–Crippen MR) is 153 cm³/mol. The molecule has 0 saturated heterocycles. The van der Waals surface area contributed by atoms with Crippen LogP contribution in [0, 0.1) is 4.91 Å². The Balaban J connectivity index is 1.72. The van der Waals surface area contributed by atoms with E-state index in [1.54, 1.807) is 12.1 Å². The standard InChI is InChI=1S/C29H35B2N3O4/c30-18-8-7-13-27(34(37)25-16-14-23(20-31)15-17-25)33-28(35)26(19-22-9-3-1-4-10-22)32-29(36)38-21-24-11-5-2-6-12-24/h1,3-5,9-12,14-17,26-27,30-31H,2,6-8,13,18-21H2,(H-,32,33,35,36)/p+1. The largest absolute Gasteiger partial charge is 0.445 e. The van der Waals surface area contributed by atoms with Crippen molar-refractivity contribution >= 4 is 33.4 Å². The molecule has 0 fully saturated rings. The summed E-state index contributed by atoms with van der Waals surface area (Å²) in [5, 5.41) is 5.59. The summed E-state index contributed by atoms with van der Waals surface area (Å²) in [5.41, 5.74) is 3.27. The van der Waals surface area contributed by atoms with Gasteiger partial charge in [0.25, 0.3) is 11.9 Å². The number of unbranched alkanes of at least 4 members (excludes halogenated alkanes) is 1. The molecule has 0 saturated carbocycles. The summed E-state index contributed by atoms with van der Waals surface area (Å²) >= 11 is 0. The molecule has 0 aromatic heterocycles. The fourth-order valence-corrected chi connectivity index (χ4v) is 4.18. The van der Waals surface area contributed by atoms with Crippen LogP contribution < -0.4 is 10.6 Å². The molecule has 2 aromatic carbocycles. The molecule has 2 aromatic rings. The maximum atomic E-state index is 13.5. The predicted octanol–water partition coefficient (Wildman–Crippen LogP) is 4.04. The Morgan fingerprint density at radius 3 is 2.37 bits per heavy atom. The Kier molecular flexibility index (Phi) is 11.9. The number of nitrogens with zero attached hydrogens (tertiary/aromatic N) is 1. The third-order valence-electron chi connectivity index (χ3n) is 6.38. The number of hydrogen-bond donors (Lipinski definition) is 2. The normalized spacial score (nSPS) is 14.2. The zero-order valence-electron chi connectivity index (χ0n) is 21.9. The number of carbonyl (C=O) groups is 2. The molecular formula is C29H36B2N3O4+. The second kappa shape index (κ2) is 15.6. The Hall–Kier alpha value is -3.61. The van der Waals surface area contributed by atoms with E-state index in [1.165, 1.54) is 0 Å². The molecule has 2 atom stereocenters. The van der Waals surface area contributed by atoms with E-state index in [0.29, 0.717) is 18.4 Å². The molecule has 0 spiro atoms. The van der Waals surface area contributed by atoms with Crippen molar-refractivity contribution < 1.29 is 19.1 Å². The highest BCUT2D eigenvalue weighted by atomic mass is 16.5. The van der Waals surface area contributed by atoms with Crippen LogP contribution in [0.15, 0.2) is 78.4 Å². The number of allylic oxidation sites excluding steroid dienone is 2.